The number of anilines is 2. The van der Waals surface area contributed by atoms with E-state index >= 15 is 0 Å². The molecule has 7 nitrogen and oxygen atoms in total. The topological polar surface area (TPSA) is 93.2 Å². The van der Waals surface area contributed by atoms with Gasteiger partial charge in [-0.3, -0.25) is 19.6 Å². The number of rotatable bonds is 5. The summed E-state index contributed by atoms with van der Waals surface area (Å²) in [6, 6.07) is 10.5. The minimum atomic E-state index is -0.290. The SMILES string of the molecule is COc1cc(NC(=O)c2cccc3nccnc23)ccc1NC(=O)C1CCCCC1. The first kappa shape index (κ1) is 19.8. The van der Waals surface area contributed by atoms with E-state index in [9.17, 15) is 9.59 Å². The van der Waals surface area contributed by atoms with E-state index in [0.29, 0.717) is 33.7 Å². The summed E-state index contributed by atoms with van der Waals surface area (Å²) in [5.41, 5.74) is 2.80. The smallest absolute Gasteiger partial charge is 0.257 e. The van der Waals surface area contributed by atoms with Crippen molar-refractivity contribution < 1.29 is 14.3 Å². The first-order chi connectivity index (χ1) is 14.7. The molecule has 3 aromatic rings. The molecule has 4 rings (SSSR count). The van der Waals surface area contributed by atoms with Crippen molar-refractivity contribution in [2.45, 2.75) is 32.1 Å². The summed E-state index contributed by atoms with van der Waals surface area (Å²) in [6.45, 7) is 0. The number of nitrogens with zero attached hydrogens (tertiary/aromatic N) is 2. The van der Waals surface area contributed by atoms with Crippen LogP contribution in [0.3, 0.4) is 0 Å². The van der Waals surface area contributed by atoms with Crippen LogP contribution in [0, 0.1) is 5.92 Å². The van der Waals surface area contributed by atoms with Crippen LogP contribution >= 0.6 is 0 Å². The van der Waals surface area contributed by atoms with Gasteiger partial charge in [-0.1, -0.05) is 25.3 Å². The Labute approximate surface area is 174 Å². The molecule has 0 radical (unpaired) electrons. The van der Waals surface area contributed by atoms with Gasteiger partial charge in [0, 0.05) is 30.1 Å². The predicted octanol–water partition coefficient (Wildman–Crippen LogP) is 4.41. The fourth-order valence-electron chi connectivity index (χ4n) is 3.85. The summed E-state index contributed by atoms with van der Waals surface area (Å²) in [5.74, 6) is 0.284. The largest absolute Gasteiger partial charge is 0.494 e. The van der Waals surface area contributed by atoms with Gasteiger partial charge in [0.25, 0.3) is 5.91 Å². The van der Waals surface area contributed by atoms with Gasteiger partial charge in [-0.05, 0) is 37.1 Å². The molecular formula is C23H24N4O3. The number of amides is 2. The lowest BCUT2D eigenvalue weighted by Gasteiger charge is -2.21. The number of hydrogen-bond acceptors (Lipinski definition) is 5. The monoisotopic (exact) mass is 404 g/mol. The van der Waals surface area contributed by atoms with Crippen LogP contribution in [0.25, 0.3) is 11.0 Å². The molecule has 7 heteroatoms. The maximum atomic E-state index is 12.8. The second kappa shape index (κ2) is 8.90. The Kier molecular flexibility index (Phi) is 5.88. The molecule has 0 aliphatic heterocycles. The summed E-state index contributed by atoms with van der Waals surface area (Å²) in [5, 5.41) is 5.84. The van der Waals surface area contributed by atoms with Crippen LogP contribution < -0.4 is 15.4 Å². The summed E-state index contributed by atoms with van der Waals surface area (Å²) in [7, 11) is 1.54. The molecule has 0 spiro atoms. The van der Waals surface area contributed by atoms with Crippen LogP contribution in [0.15, 0.2) is 48.8 Å². The quantitative estimate of drug-likeness (QED) is 0.657. The van der Waals surface area contributed by atoms with Gasteiger partial charge in [-0.25, -0.2) is 0 Å². The van der Waals surface area contributed by atoms with E-state index in [0.717, 1.165) is 25.7 Å². The number of hydrogen-bond donors (Lipinski definition) is 2. The normalized spacial score (nSPS) is 14.3. The van der Waals surface area contributed by atoms with Crippen molar-refractivity contribution in [2.24, 2.45) is 5.92 Å². The zero-order valence-corrected chi connectivity index (χ0v) is 16.9. The number of methoxy groups -OCH3 is 1. The Hall–Kier alpha value is -3.48. The molecule has 1 saturated carbocycles. The Morgan fingerprint density at radius 2 is 1.80 bits per heavy atom. The molecular weight excluding hydrogens is 380 g/mol. The fraction of sp³-hybridized carbons (Fsp3) is 0.304. The fourth-order valence-corrected chi connectivity index (χ4v) is 3.85. The highest BCUT2D eigenvalue weighted by Crippen LogP contribution is 2.31. The number of ether oxygens (including phenoxy) is 1. The van der Waals surface area contributed by atoms with Crippen molar-refractivity contribution in [3.63, 3.8) is 0 Å². The summed E-state index contributed by atoms with van der Waals surface area (Å²) < 4.78 is 5.44. The Balaban J connectivity index is 1.51. The molecule has 1 fully saturated rings. The second-order valence-electron chi connectivity index (χ2n) is 7.42. The van der Waals surface area contributed by atoms with E-state index < -0.39 is 0 Å². The number of para-hydroxylation sites is 1. The van der Waals surface area contributed by atoms with Gasteiger partial charge in [0.1, 0.15) is 11.3 Å². The minimum absolute atomic E-state index is 0.0270. The molecule has 2 N–H and O–H groups in total. The van der Waals surface area contributed by atoms with E-state index in [2.05, 4.69) is 20.6 Å². The van der Waals surface area contributed by atoms with Crippen molar-refractivity contribution in [3.8, 4) is 5.75 Å². The maximum absolute atomic E-state index is 12.8. The molecule has 1 aromatic heterocycles. The number of carbonyl (C=O) groups is 2. The van der Waals surface area contributed by atoms with Crippen LogP contribution in [-0.2, 0) is 4.79 Å². The van der Waals surface area contributed by atoms with Gasteiger partial charge in [-0.2, -0.15) is 0 Å². The molecule has 1 aliphatic carbocycles. The highest BCUT2D eigenvalue weighted by Gasteiger charge is 2.22. The average molecular weight is 404 g/mol. The molecule has 0 bridgehead atoms. The Bertz CT molecular complexity index is 1070. The van der Waals surface area contributed by atoms with Crippen LogP contribution in [0.1, 0.15) is 42.5 Å². The first-order valence-electron chi connectivity index (χ1n) is 10.2. The number of fused-ring (bicyclic) bond motifs is 1. The van der Waals surface area contributed by atoms with Crippen LogP contribution in [0.4, 0.5) is 11.4 Å². The van der Waals surface area contributed by atoms with Crippen LogP contribution in [-0.4, -0.2) is 28.9 Å². The van der Waals surface area contributed by atoms with E-state index in [4.69, 9.17) is 4.74 Å². The lowest BCUT2D eigenvalue weighted by Crippen LogP contribution is -2.25. The highest BCUT2D eigenvalue weighted by molar-refractivity contribution is 6.11. The van der Waals surface area contributed by atoms with Gasteiger partial charge >= 0.3 is 0 Å². The highest BCUT2D eigenvalue weighted by atomic mass is 16.5. The van der Waals surface area contributed by atoms with Crippen LogP contribution in [0.5, 0.6) is 5.75 Å². The summed E-state index contributed by atoms with van der Waals surface area (Å²) >= 11 is 0. The summed E-state index contributed by atoms with van der Waals surface area (Å²) in [6.07, 6.45) is 8.40. The van der Waals surface area contributed by atoms with Crippen molar-refractivity contribution in [2.75, 3.05) is 17.7 Å². The molecule has 0 saturated heterocycles. The lowest BCUT2D eigenvalue weighted by atomic mass is 9.88. The molecule has 1 heterocycles. The van der Waals surface area contributed by atoms with E-state index in [1.165, 1.54) is 13.5 Å². The summed E-state index contributed by atoms with van der Waals surface area (Å²) in [4.78, 5) is 33.9. The number of benzene rings is 2. The molecule has 0 unspecified atom stereocenters. The molecule has 154 valence electrons. The van der Waals surface area contributed by atoms with E-state index in [1.807, 2.05) is 6.07 Å². The molecule has 30 heavy (non-hydrogen) atoms. The molecule has 0 atom stereocenters. The molecule has 2 amide bonds. The Morgan fingerprint density at radius 3 is 2.60 bits per heavy atom. The van der Waals surface area contributed by atoms with Gasteiger partial charge in [0.15, 0.2) is 0 Å². The van der Waals surface area contributed by atoms with E-state index in [1.54, 1.807) is 42.7 Å². The van der Waals surface area contributed by atoms with Crippen molar-refractivity contribution >= 4 is 34.2 Å². The van der Waals surface area contributed by atoms with Crippen molar-refractivity contribution in [1.29, 1.82) is 0 Å². The van der Waals surface area contributed by atoms with Crippen molar-refractivity contribution in [3.05, 3.63) is 54.4 Å². The Morgan fingerprint density at radius 1 is 1.00 bits per heavy atom. The predicted molar refractivity (Wildman–Crippen MR) is 116 cm³/mol. The van der Waals surface area contributed by atoms with Crippen molar-refractivity contribution in [1.82, 2.24) is 9.97 Å². The zero-order chi connectivity index (χ0) is 20.9. The van der Waals surface area contributed by atoms with Gasteiger partial charge < -0.3 is 15.4 Å². The molecule has 1 aliphatic rings. The standard InChI is InChI=1S/C23H24N4O3/c1-30-20-14-16(10-11-18(20)27-22(28)15-6-3-2-4-7-15)26-23(29)17-8-5-9-19-21(17)25-13-12-24-19/h5,8-15H,2-4,6-7H2,1H3,(H,26,29)(H,27,28). The first-order valence-corrected chi connectivity index (χ1v) is 10.2. The van der Waals surface area contributed by atoms with Gasteiger partial charge in [0.2, 0.25) is 5.91 Å². The van der Waals surface area contributed by atoms with Gasteiger partial charge in [0.05, 0.1) is 23.9 Å². The molecule has 2 aromatic carbocycles. The van der Waals surface area contributed by atoms with E-state index in [-0.39, 0.29) is 17.7 Å². The average Bonchev–Trinajstić information content (AvgIpc) is 2.80. The van der Waals surface area contributed by atoms with Crippen LogP contribution in [0.2, 0.25) is 0 Å². The second-order valence-corrected chi connectivity index (χ2v) is 7.42. The lowest BCUT2D eigenvalue weighted by molar-refractivity contribution is -0.120. The minimum Gasteiger partial charge on any atom is -0.494 e. The van der Waals surface area contributed by atoms with Gasteiger partial charge in [-0.15, -0.1) is 0 Å². The third kappa shape index (κ3) is 4.25. The number of aromatic nitrogens is 2. The number of carbonyl (C=O) groups excluding carboxylic acids is 2. The maximum Gasteiger partial charge on any atom is 0.257 e. The third-order valence-corrected chi connectivity index (χ3v) is 5.44. The number of nitrogens with one attached hydrogen (secondary N) is 2. The third-order valence-electron chi connectivity index (χ3n) is 5.44. The zero-order valence-electron chi connectivity index (χ0n) is 16.9.